The van der Waals surface area contributed by atoms with Crippen molar-refractivity contribution in [2.75, 3.05) is 7.05 Å². The standard InChI is InChI=1S/C39H24N3O2S.C6H4N.2Pt/c1-41-20-21-42(28-41)32-25-36(27-38(26-32)45-37-16-6-3-7-17-37)44-35-15-9-11-31(23-35)39-24-30(18-19-40-39)29-10-8-14-34(22-29)43-33-12-4-2-5-13-33;1-2-7-5-3-4-6-7;;/h2-12,14-17,19-21,24,26-27H,1H3;3-6H;;/q-3;-1;+2;+4. The molecule has 0 spiro atoms. The molecule has 0 bridgehead atoms. The maximum atomic E-state index is 6.57. The number of aromatic nitrogens is 2. The molecule has 0 N–H and O–H groups in total. The van der Waals surface area contributed by atoms with Crippen molar-refractivity contribution in [2.45, 2.75) is 9.79 Å². The van der Waals surface area contributed by atoms with Crippen LogP contribution >= 0.6 is 11.8 Å². The summed E-state index contributed by atoms with van der Waals surface area (Å²) < 4.78 is 17.6. The van der Waals surface area contributed by atoms with Crippen molar-refractivity contribution in [1.29, 1.82) is 0 Å². The molecule has 7 aromatic rings. The number of ether oxygens (including phenoxy) is 2. The number of pyridine rings is 1. The SMILES string of the molecule is C[N+]1=C=[N+](c2[c-]c(Oc3[c-]c(-c4cc(-c5[c-]c(Oc6[c-]cccc6)ccc5)[c-]cn4)ccc3)cc(Sc3ccccc3)c2)C=C1.[C-]#Cn1cccc1.[Pt+2].[Pt+4]. The molecular formula is C45H28N4O2Pt2S+2. The van der Waals surface area contributed by atoms with Crippen LogP contribution in [0.1, 0.15) is 0 Å². The van der Waals surface area contributed by atoms with Gasteiger partial charge in [0.15, 0.2) is 7.05 Å². The summed E-state index contributed by atoms with van der Waals surface area (Å²) in [7, 11) is 1.93. The van der Waals surface area contributed by atoms with E-state index in [0.29, 0.717) is 23.0 Å². The molecule has 0 amide bonds. The summed E-state index contributed by atoms with van der Waals surface area (Å²) in [5.41, 5.74) is 4.01. The zero-order valence-electron chi connectivity index (χ0n) is 28.6. The van der Waals surface area contributed by atoms with Crippen molar-refractivity contribution >= 4 is 23.5 Å². The normalized spacial score (nSPS) is 11.0. The first-order valence-electron chi connectivity index (χ1n) is 16.2. The van der Waals surface area contributed by atoms with Gasteiger partial charge in [0.25, 0.3) is 6.20 Å². The molecule has 0 radical (unpaired) electrons. The average Bonchev–Trinajstić information content (AvgIpc) is 3.89. The molecule has 0 saturated heterocycles. The summed E-state index contributed by atoms with van der Waals surface area (Å²) >= 11 is 1.66. The molecule has 5 aromatic carbocycles. The van der Waals surface area contributed by atoms with Gasteiger partial charge in [-0.3, -0.25) is 11.1 Å². The summed E-state index contributed by atoms with van der Waals surface area (Å²) in [6.45, 7) is 0. The van der Waals surface area contributed by atoms with E-state index in [1.807, 2.05) is 132 Å². The van der Waals surface area contributed by atoms with E-state index in [9.17, 15) is 0 Å². The quantitative estimate of drug-likeness (QED) is 0.0821. The summed E-state index contributed by atoms with van der Waals surface area (Å²) in [5, 5.41) is 0. The third-order valence-electron chi connectivity index (χ3n) is 7.41. The van der Waals surface area contributed by atoms with Crippen LogP contribution in [0.25, 0.3) is 22.4 Å². The van der Waals surface area contributed by atoms with Crippen molar-refractivity contribution in [1.82, 2.24) is 9.55 Å². The van der Waals surface area contributed by atoms with Crippen LogP contribution in [0.4, 0.5) is 5.69 Å². The third-order valence-corrected chi connectivity index (χ3v) is 8.39. The minimum atomic E-state index is 0. The van der Waals surface area contributed by atoms with Crippen LogP contribution in [0.5, 0.6) is 23.0 Å². The van der Waals surface area contributed by atoms with Gasteiger partial charge in [0.1, 0.15) is 5.69 Å². The van der Waals surface area contributed by atoms with Gasteiger partial charge in [-0.05, 0) is 24.3 Å². The Hall–Kier alpha value is -5.46. The molecule has 264 valence electrons. The summed E-state index contributed by atoms with van der Waals surface area (Å²) in [6.07, 6.45) is 15.6. The topological polar surface area (TPSA) is 42.3 Å². The van der Waals surface area contributed by atoms with Gasteiger partial charge in [0, 0.05) is 40.3 Å². The van der Waals surface area contributed by atoms with Gasteiger partial charge in [-0.2, -0.15) is 30.3 Å². The summed E-state index contributed by atoms with van der Waals surface area (Å²) in [4.78, 5) is 6.73. The molecule has 54 heavy (non-hydrogen) atoms. The minimum Gasteiger partial charge on any atom is -0.669 e. The maximum absolute atomic E-state index is 6.57. The molecule has 0 saturated carbocycles. The molecule has 0 aliphatic carbocycles. The van der Waals surface area contributed by atoms with Crippen LogP contribution in [0.2, 0.25) is 0 Å². The first-order chi connectivity index (χ1) is 25.6. The number of hydrogen-bond acceptors (Lipinski definition) is 4. The van der Waals surface area contributed by atoms with Gasteiger partial charge in [-0.15, -0.1) is 59.8 Å². The van der Waals surface area contributed by atoms with Crippen molar-refractivity contribution in [3.8, 4) is 51.4 Å². The zero-order valence-corrected chi connectivity index (χ0v) is 33.9. The fourth-order valence-corrected chi connectivity index (χ4v) is 5.91. The minimum absolute atomic E-state index is 0. The smallest absolute Gasteiger partial charge is 0.669 e. The first-order valence-corrected chi connectivity index (χ1v) is 17.0. The second kappa shape index (κ2) is 19.6. The van der Waals surface area contributed by atoms with Crippen LogP contribution in [0, 0.1) is 42.8 Å². The van der Waals surface area contributed by atoms with Crippen LogP contribution in [-0.2, 0) is 42.1 Å². The molecule has 0 fully saturated rings. The Morgan fingerprint density at radius 2 is 1.41 bits per heavy atom. The molecule has 1 aliphatic heterocycles. The number of nitrogens with zero attached hydrogens (tertiary/aromatic N) is 4. The molecular weight excluding hydrogens is 1050 g/mol. The van der Waals surface area contributed by atoms with Gasteiger partial charge in [0.2, 0.25) is 6.20 Å². The number of para-hydroxylation sites is 1. The number of benzene rings is 5. The second-order valence-corrected chi connectivity index (χ2v) is 12.3. The molecule has 0 atom stereocenters. The number of rotatable bonds is 9. The largest absolute Gasteiger partial charge is 4.00 e. The fraction of sp³-hybridized carbons (Fsp3) is 0.0222. The predicted octanol–water partition coefficient (Wildman–Crippen LogP) is 9.98. The van der Waals surface area contributed by atoms with Crippen molar-refractivity contribution in [2.24, 2.45) is 0 Å². The zero-order chi connectivity index (χ0) is 35.5. The monoisotopic (exact) mass is 1080 g/mol. The molecule has 9 heteroatoms. The first kappa shape index (κ1) is 39.7. The molecule has 6 nitrogen and oxygen atoms in total. The molecule has 1 aliphatic rings. The van der Waals surface area contributed by atoms with E-state index in [0.717, 1.165) is 37.9 Å². The van der Waals surface area contributed by atoms with Crippen LogP contribution in [0.3, 0.4) is 0 Å². The molecule has 3 heterocycles. The predicted molar refractivity (Wildman–Crippen MR) is 200 cm³/mol. The van der Waals surface area contributed by atoms with E-state index in [-0.39, 0.29) is 42.1 Å². The molecule has 8 rings (SSSR count). The van der Waals surface area contributed by atoms with Gasteiger partial charge < -0.3 is 25.4 Å². The Bertz CT molecular complexity index is 2460. The van der Waals surface area contributed by atoms with Gasteiger partial charge >= 0.3 is 48.1 Å². The average molecular weight is 1080 g/mol. The van der Waals surface area contributed by atoms with Gasteiger partial charge in [-0.25, -0.2) is 24.2 Å². The Balaban J connectivity index is 0.000000562. The molecule has 2 aromatic heterocycles. The Morgan fingerprint density at radius 1 is 0.704 bits per heavy atom. The van der Waals surface area contributed by atoms with E-state index in [2.05, 4.69) is 65.6 Å². The van der Waals surface area contributed by atoms with Crippen molar-refractivity contribution in [3.63, 3.8) is 0 Å². The maximum Gasteiger partial charge on any atom is 4.00 e. The summed E-state index contributed by atoms with van der Waals surface area (Å²) in [6, 6.07) is 60.8. The van der Waals surface area contributed by atoms with E-state index < -0.39 is 0 Å². The van der Waals surface area contributed by atoms with Crippen molar-refractivity contribution in [3.05, 3.63) is 189 Å². The van der Waals surface area contributed by atoms with E-state index in [4.69, 9.17) is 15.9 Å². The van der Waals surface area contributed by atoms with Gasteiger partial charge in [-0.1, -0.05) is 62.3 Å². The Labute approximate surface area is 348 Å². The Morgan fingerprint density at radius 3 is 2.09 bits per heavy atom. The van der Waals surface area contributed by atoms with E-state index >= 15 is 0 Å². The van der Waals surface area contributed by atoms with Crippen LogP contribution in [-0.4, -0.2) is 31.8 Å². The second-order valence-electron chi connectivity index (χ2n) is 11.2. The summed E-state index contributed by atoms with van der Waals surface area (Å²) in [5.74, 6) is 2.35. The van der Waals surface area contributed by atoms with Gasteiger partial charge in [0.05, 0.1) is 0 Å². The number of hydrogen-bond donors (Lipinski definition) is 0. The molecule has 0 unspecified atom stereocenters. The fourth-order valence-electron chi connectivity index (χ4n) is 5.01. The third kappa shape index (κ3) is 10.8. The van der Waals surface area contributed by atoms with E-state index in [1.54, 1.807) is 34.9 Å². The van der Waals surface area contributed by atoms with Crippen LogP contribution in [0.15, 0.2) is 162 Å². The van der Waals surface area contributed by atoms with Crippen LogP contribution < -0.4 is 9.47 Å². The van der Waals surface area contributed by atoms with Crippen molar-refractivity contribution < 1.29 is 60.8 Å². The Kier molecular flexibility index (Phi) is 14.4. The van der Waals surface area contributed by atoms with E-state index in [1.165, 1.54) is 0 Å².